The summed E-state index contributed by atoms with van der Waals surface area (Å²) in [4.78, 5) is 0. The molecule has 0 radical (unpaired) electrons. The van der Waals surface area contributed by atoms with Crippen molar-refractivity contribution in [3.63, 3.8) is 0 Å². The van der Waals surface area contributed by atoms with E-state index in [1.165, 1.54) is 25.7 Å². The maximum Gasteiger partial charge on any atom is 0.151 e. The van der Waals surface area contributed by atoms with E-state index in [-0.39, 0.29) is 5.75 Å². The van der Waals surface area contributed by atoms with Crippen molar-refractivity contribution in [2.75, 3.05) is 18.1 Å². The van der Waals surface area contributed by atoms with Crippen molar-refractivity contribution in [3.05, 3.63) is 0 Å². The summed E-state index contributed by atoms with van der Waals surface area (Å²) in [7, 11) is -2.81. The molecule has 1 aliphatic rings. The van der Waals surface area contributed by atoms with Crippen molar-refractivity contribution >= 4 is 9.84 Å². The van der Waals surface area contributed by atoms with Crippen molar-refractivity contribution in [2.45, 2.75) is 52.0 Å². The van der Waals surface area contributed by atoms with E-state index in [0.717, 1.165) is 12.3 Å². The van der Waals surface area contributed by atoms with Gasteiger partial charge in [-0.1, -0.05) is 19.8 Å². The number of rotatable bonds is 7. The minimum atomic E-state index is -2.81. The Bertz CT molecular complexity index is 281. The van der Waals surface area contributed by atoms with Crippen LogP contribution in [-0.2, 0) is 9.84 Å². The maximum atomic E-state index is 11.5. The zero-order valence-electron chi connectivity index (χ0n) is 10.5. The summed E-state index contributed by atoms with van der Waals surface area (Å²) in [6, 6.07) is 0.472. The third-order valence-corrected chi connectivity index (χ3v) is 5.36. The fraction of sp³-hybridized carbons (Fsp3) is 1.00. The zero-order valence-corrected chi connectivity index (χ0v) is 11.4. The van der Waals surface area contributed by atoms with Crippen LogP contribution in [0.15, 0.2) is 0 Å². The van der Waals surface area contributed by atoms with E-state index in [1.807, 2.05) is 6.92 Å². The fourth-order valence-electron chi connectivity index (χ4n) is 2.48. The molecule has 16 heavy (non-hydrogen) atoms. The average molecular weight is 247 g/mol. The lowest BCUT2D eigenvalue weighted by Crippen LogP contribution is -2.35. The number of hydrogen-bond acceptors (Lipinski definition) is 3. The lowest BCUT2D eigenvalue weighted by atomic mass is 10.00. The highest BCUT2D eigenvalue weighted by atomic mass is 32.2. The van der Waals surface area contributed by atoms with Gasteiger partial charge in [-0.15, -0.1) is 0 Å². The van der Waals surface area contributed by atoms with Gasteiger partial charge in [-0.2, -0.15) is 0 Å². The van der Waals surface area contributed by atoms with Gasteiger partial charge in [0, 0.05) is 18.3 Å². The van der Waals surface area contributed by atoms with Crippen LogP contribution in [0.1, 0.15) is 46.0 Å². The van der Waals surface area contributed by atoms with E-state index < -0.39 is 9.84 Å². The van der Waals surface area contributed by atoms with Crippen molar-refractivity contribution in [2.24, 2.45) is 5.92 Å². The molecule has 0 saturated heterocycles. The Morgan fingerprint density at radius 3 is 2.44 bits per heavy atom. The molecular weight excluding hydrogens is 222 g/mol. The van der Waals surface area contributed by atoms with Gasteiger partial charge in [0.2, 0.25) is 0 Å². The van der Waals surface area contributed by atoms with Gasteiger partial charge in [0.05, 0.1) is 5.75 Å². The Kier molecular flexibility index (Phi) is 5.76. The summed E-state index contributed by atoms with van der Waals surface area (Å²) in [5.74, 6) is 1.37. The van der Waals surface area contributed by atoms with Crippen LogP contribution in [0.4, 0.5) is 0 Å². The molecule has 1 atom stereocenters. The summed E-state index contributed by atoms with van der Waals surface area (Å²) in [6.07, 6.45) is 6.00. The first-order valence-corrected chi connectivity index (χ1v) is 8.31. The molecule has 0 aromatic rings. The molecule has 1 fully saturated rings. The Morgan fingerprint density at radius 1 is 1.25 bits per heavy atom. The molecule has 1 rings (SSSR count). The Balaban J connectivity index is 2.19. The van der Waals surface area contributed by atoms with Crippen LogP contribution in [0.2, 0.25) is 0 Å². The van der Waals surface area contributed by atoms with Gasteiger partial charge in [0.25, 0.3) is 0 Å². The first-order chi connectivity index (χ1) is 7.55. The van der Waals surface area contributed by atoms with Gasteiger partial charge in [0.1, 0.15) is 0 Å². The van der Waals surface area contributed by atoms with Crippen molar-refractivity contribution in [1.29, 1.82) is 0 Å². The quantitative estimate of drug-likeness (QED) is 0.748. The lowest BCUT2D eigenvalue weighted by molar-refractivity contribution is 0.389. The Morgan fingerprint density at radius 2 is 1.88 bits per heavy atom. The number of hydrogen-bond donors (Lipinski definition) is 1. The van der Waals surface area contributed by atoms with E-state index in [2.05, 4.69) is 12.2 Å². The van der Waals surface area contributed by atoms with Gasteiger partial charge in [-0.05, 0) is 32.1 Å². The van der Waals surface area contributed by atoms with Crippen molar-refractivity contribution < 1.29 is 8.42 Å². The third-order valence-electron chi connectivity index (χ3n) is 3.50. The second-order valence-electron chi connectivity index (χ2n) is 4.94. The first-order valence-electron chi connectivity index (χ1n) is 6.49. The molecule has 3 nitrogen and oxygen atoms in total. The molecule has 0 aromatic carbocycles. The Labute approximate surface area is 99.9 Å². The highest BCUT2D eigenvalue weighted by Crippen LogP contribution is 2.27. The molecule has 0 spiro atoms. The van der Waals surface area contributed by atoms with Gasteiger partial charge < -0.3 is 5.32 Å². The SMILES string of the molecule is CCCS(=O)(=O)CCNC(C)C1CCCC1. The summed E-state index contributed by atoms with van der Waals surface area (Å²) < 4.78 is 23.0. The molecular formula is C12H25NO2S. The minimum absolute atomic E-state index is 0.290. The lowest BCUT2D eigenvalue weighted by Gasteiger charge is -2.20. The molecule has 1 saturated carbocycles. The molecule has 1 aliphatic carbocycles. The van der Waals surface area contributed by atoms with E-state index in [0.29, 0.717) is 18.3 Å². The second-order valence-corrected chi connectivity index (χ2v) is 7.24. The van der Waals surface area contributed by atoms with Crippen molar-refractivity contribution in [1.82, 2.24) is 5.32 Å². The van der Waals surface area contributed by atoms with Crippen LogP contribution in [0, 0.1) is 5.92 Å². The van der Waals surface area contributed by atoms with Gasteiger partial charge >= 0.3 is 0 Å². The monoisotopic (exact) mass is 247 g/mol. The highest BCUT2D eigenvalue weighted by molar-refractivity contribution is 7.91. The van der Waals surface area contributed by atoms with E-state index in [4.69, 9.17) is 0 Å². The number of sulfone groups is 1. The van der Waals surface area contributed by atoms with Crippen LogP contribution >= 0.6 is 0 Å². The third kappa shape index (κ3) is 4.83. The topological polar surface area (TPSA) is 46.2 Å². The molecule has 1 N–H and O–H groups in total. The van der Waals surface area contributed by atoms with Crippen LogP contribution < -0.4 is 5.32 Å². The molecule has 0 heterocycles. The number of nitrogens with one attached hydrogen (secondary N) is 1. The summed E-state index contributed by atoms with van der Waals surface area (Å²) >= 11 is 0. The smallest absolute Gasteiger partial charge is 0.151 e. The van der Waals surface area contributed by atoms with E-state index >= 15 is 0 Å². The van der Waals surface area contributed by atoms with Crippen LogP contribution in [-0.4, -0.2) is 32.5 Å². The highest BCUT2D eigenvalue weighted by Gasteiger charge is 2.21. The summed E-state index contributed by atoms with van der Waals surface area (Å²) in [6.45, 7) is 4.70. The molecule has 1 unspecified atom stereocenters. The zero-order chi connectivity index (χ0) is 12.0. The van der Waals surface area contributed by atoms with Gasteiger partial charge in [-0.3, -0.25) is 0 Å². The predicted octanol–water partition coefficient (Wildman–Crippen LogP) is 1.98. The van der Waals surface area contributed by atoms with Crippen LogP contribution in [0.25, 0.3) is 0 Å². The largest absolute Gasteiger partial charge is 0.313 e. The molecule has 4 heteroatoms. The standard InChI is InChI=1S/C12H25NO2S/c1-3-9-16(14,15)10-8-13-11(2)12-6-4-5-7-12/h11-13H,3-10H2,1-2H3. The molecule has 0 aromatic heterocycles. The molecule has 0 amide bonds. The fourth-order valence-corrected chi connectivity index (χ4v) is 3.73. The summed E-state index contributed by atoms with van der Waals surface area (Å²) in [5, 5.41) is 3.36. The Hall–Kier alpha value is -0.0900. The van der Waals surface area contributed by atoms with Crippen LogP contribution in [0.3, 0.4) is 0 Å². The summed E-state index contributed by atoms with van der Waals surface area (Å²) in [5.41, 5.74) is 0. The average Bonchev–Trinajstić information content (AvgIpc) is 2.69. The first kappa shape index (κ1) is 14.0. The van der Waals surface area contributed by atoms with Crippen LogP contribution in [0.5, 0.6) is 0 Å². The van der Waals surface area contributed by atoms with E-state index in [9.17, 15) is 8.42 Å². The predicted molar refractivity (Wildman–Crippen MR) is 68.4 cm³/mol. The molecule has 96 valence electrons. The second kappa shape index (κ2) is 6.60. The normalized spacial score (nSPS) is 20.1. The van der Waals surface area contributed by atoms with Crippen molar-refractivity contribution in [3.8, 4) is 0 Å². The maximum absolute atomic E-state index is 11.5. The molecule has 0 bridgehead atoms. The minimum Gasteiger partial charge on any atom is -0.313 e. The van der Waals surface area contributed by atoms with Gasteiger partial charge in [0.15, 0.2) is 9.84 Å². The molecule has 0 aliphatic heterocycles. The van der Waals surface area contributed by atoms with Gasteiger partial charge in [-0.25, -0.2) is 8.42 Å². The van der Waals surface area contributed by atoms with E-state index in [1.54, 1.807) is 0 Å².